The highest BCUT2D eigenvalue weighted by Gasteiger charge is 2.16. The van der Waals surface area contributed by atoms with Crippen LogP contribution in [0.2, 0.25) is 0 Å². The standard InChI is InChI=1S/C32H26N2O4/c1-21-11-13-25(14-12-21)32(36)38-30-18-16-24-8-5-6-10-28(24)29(30)20-33-34-31(35)22(2)37-27-17-15-23-7-3-4-9-26(23)19-27/h3-20,22H,1-2H3,(H,34,35)/b33-20-/t22-/m1/s1. The number of hydrogen-bond donors (Lipinski definition) is 1. The van der Waals surface area contributed by atoms with Gasteiger partial charge in [-0.2, -0.15) is 5.10 Å². The lowest BCUT2D eigenvalue weighted by atomic mass is 10.0. The number of benzene rings is 5. The Bertz CT molecular complexity index is 1660. The first-order chi connectivity index (χ1) is 18.5. The number of amides is 1. The quantitative estimate of drug-likeness (QED) is 0.120. The van der Waals surface area contributed by atoms with Crippen LogP contribution in [0, 0.1) is 6.92 Å². The summed E-state index contributed by atoms with van der Waals surface area (Å²) in [5, 5.41) is 8.06. The third kappa shape index (κ3) is 5.55. The molecule has 5 aromatic carbocycles. The molecule has 0 fully saturated rings. The van der Waals surface area contributed by atoms with Gasteiger partial charge in [-0.3, -0.25) is 4.79 Å². The van der Waals surface area contributed by atoms with Crippen LogP contribution in [0.1, 0.15) is 28.4 Å². The van der Waals surface area contributed by atoms with Gasteiger partial charge in [-0.15, -0.1) is 0 Å². The van der Waals surface area contributed by atoms with E-state index in [2.05, 4.69) is 10.5 Å². The first kappa shape index (κ1) is 24.7. The van der Waals surface area contributed by atoms with Crippen molar-refractivity contribution >= 4 is 39.6 Å². The maximum Gasteiger partial charge on any atom is 0.343 e. The topological polar surface area (TPSA) is 77.0 Å². The van der Waals surface area contributed by atoms with Crippen LogP contribution in [0.4, 0.5) is 0 Å². The Balaban J connectivity index is 1.32. The number of carbonyl (C=O) groups excluding carboxylic acids is 2. The van der Waals surface area contributed by atoms with Gasteiger partial charge >= 0.3 is 5.97 Å². The molecule has 0 aliphatic heterocycles. The Kier molecular flexibility index (Phi) is 7.13. The van der Waals surface area contributed by atoms with Gasteiger partial charge < -0.3 is 9.47 Å². The number of esters is 1. The summed E-state index contributed by atoms with van der Waals surface area (Å²) >= 11 is 0. The van der Waals surface area contributed by atoms with Gasteiger partial charge in [0.2, 0.25) is 0 Å². The highest BCUT2D eigenvalue weighted by Crippen LogP contribution is 2.27. The average molecular weight is 503 g/mol. The molecule has 38 heavy (non-hydrogen) atoms. The van der Waals surface area contributed by atoms with E-state index in [1.54, 1.807) is 25.1 Å². The van der Waals surface area contributed by atoms with E-state index in [4.69, 9.17) is 9.47 Å². The van der Waals surface area contributed by atoms with Gasteiger partial charge in [0, 0.05) is 5.56 Å². The van der Waals surface area contributed by atoms with Crippen molar-refractivity contribution in [2.45, 2.75) is 20.0 Å². The minimum Gasteiger partial charge on any atom is -0.481 e. The summed E-state index contributed by atoms with van der Waals surface area (Å²) in [7, 11) is 0. The molecule has 1 atom stereocenters. The number of nitrogens with zero attached hydrogens (tertiary/aromatic N) is 1. The number of hydrazone groups is 1. The molecular weight excluding hydrogens is 476 g/mol. The van der Waals surface area contributed by atoms with Crippen LogP contribution < -0.4 is 14.9 Å². The van der Waals surface area contributed by atoms with Crippen LogP contribution in [0.5, 0.6) is 11.5 Å². The molecular formula is C32H26N2O4. The Hall–Kier alpha value is -4.97. The summed E-state index contributed by atoms with van der Waals surface area (Å²) in [4.78, 5) is 25.5. The van der Waals surface area contributed by atoms with Crippen LogP contribution in [0.3, 0.4) is 0 Å². The second kappa shape index (κ2) is 11.0. The van der Waals surface area contributed by atoms with Crippen molar-refractivity contribution < 1.29 is 19.1 Å². The summed E-state index contributed by atoms with van der Waals surface area (Å²) in [6, 6.07) is 32.1. The van der Waals surface area contributed by atoms with E-state index in [0.717, 1.165) is 27.1 Å². The number of hydrogen-bond acceptors (Lipinski definition) is 5. The van der Waals surface area contributed by atoms with Gasteiger partial charge in [-0.05, 0) is 65.7 Å². The smallest absolute Gasteiger partial charge is 0.343 e. The van der Waals surface area contributed by atoms with E-state index in [9.17, 15) is 9.59 Å². The number of fused-ring (bicyclic) bond motifs is 2. The molecule has 188 valence electrons. The van der Waals surface area contributed by atoms with Gasteiger partial charge in [-0.25, -0.2) is 10.2 Å². The number of aryl methyl sites for hydroxylation is 1. The van der Waals surface area contributed by atoms with Gasteiger partial charge in [0.25, 0.3) is 5.91 Å². The average Bonchev–Trinajstić information content (AvgIpc) is 2.94. The lowest BCUT2D eigenvalue weighted by Crippen LogP contribution is -2.33. The minimum atomic E-state index is -0.778. The van der Waals surface area contributed by atoms with Crippen LogP contribution in [0.15, 0.2) is 108 Å². The lowest BCUT2D eigenvalue weighted by Gasteiger charge is -2.14. The molecule has 0 aliphatic carbocycles. The van der Waals surface area contributed by atoms with Crippen molar-refractivity contribution in [3.05, 3.63) is 120 Å². The van der Waals surface area contributed by atoms with Gasteiger partial charge in [-0.1, -0.05) is 78.4 Å². The van der Waals surface area contributed by atoms with Gasteiger partial charge in [0.05, 0.1) is 11.8 Å². The molecule has 0 heterocycles. The molecule has 0 unspecified atom stereocenters. The van der Waals surface area contributed by atoms with Crippen LogP contribution in [-0.4, -0.2) is 24.2 Å². The molecule has 5 rings (SSSR count). The second-order valence-corrected chi connectivity index (χ2v) is 8.96. The Morgan fingerprint density at radius 1 is 0.816 bits per heavy atom. The highest BCUT2D eigenvalue weighted by atomic mass is 16.5. The van der Waals surface area contributed by atoms with E-state index in [1.165, 1.54) is 6.21 Å². The van der Waals surface area contributed by atoms with Crippen molar-refractivity contribution in [1.82, 2.24) is 5.43 Å². The normalized spacial score (nSPS) is 11.9. The van der Waals surface area contributed by atoms with Crippen molar-refractivity contribution in [1.29, 1.82) is 0 Å². The van der Waals surface area contributed by atoms with Crippen molar-refractivity contribution in [3.63, 3.8) is 0 Å². The molecule has 6 heteroatoms. The maximum absolute atomic E-state index is 12.8. The summed E-state index contributed by atoms with van der Waals surface area (Å²) in [5.74, 6) is 0.0478. The summed E-state index contributed by atoms with van der Waals surface area (Å²) < 4.78 is 11.6. The zero-order valence-corrected chi connectivity index (χ0v) is 21.0. The minimum absolute atomic E-state index is 0.340. The first-order valence-corrected chi connectivity index (χ1v) is 12.3. The number of rotatable bonds is 7. The molecule has 0 aromatic heterocycles. The molecule has 0 bridgehead atoms. The second-order valence-electron chi connectivity index (χ2n) is 8.96. The highest BCUT2D eigenvalue weighted by molar-refractivity contribution is 6.04. The van der Waals surface area contributed by atoms with Crippen LogP contribution in [-0.2, 0) is 4.79 Å². The predicted octanol–water partition coefficient (Wildman–Crippen LogP) is 6.44. The molecule has 1 N–H and O–H groups in total. The summed E-state index contributed by atoms with van der Waals surface area (Å²) in [6.07, 6.45) is 0.709. The predicted molar refractivity (Wildman–Crippen MR) is 150 cm³/mol. The monoisotopic (exact) mass is 502 g/mol. The fourth-order valence-corrected chi connectivity index (χ4v) is 4.10. The third-order valence-electron chi connectivity index (χ3n) is 6.19. The Labute approximate surface area is 220 Å². The largest absolute Gasteiger partial charge is 0.481 e. The molecule has 0 saturated heterocycles. The maximum atomic E-state index is 12.8. The molecule has 5 aromatic rings. The van der Waals surface area contributed by atoms with E-state index >= 15 is 0 Å². The van der Waals surface area contributed by atoms with E-state index in [-0.39, 0.29) is 0 Å². The van der Waals surface area contributed by atoms with E-state index in [1.807, 2.05) is 91.9 Å². The molecule has 1 amide bonds. The first-order valence-electron chi connectivity index (χ1n) is 12.3. The van der Waals surface area contributed by atoms with Gasteiger partial charge in [0.15, 0.2) is 6.10 Å². The van der Waals surface area contributed by atoms with Crippen molar-refractivity contribution in [2.75, 3.05) is 0 Å². The number of ether oxygens (including phenoxy) is 2. The van der Waals surface area contributed by atoms with Crippen LogP contribution >= 0.6 is 0 Å². The zero-order valence-electron chi connectivity index (χ0n) is 21.0. The molecule has 0 aliphatic rings. The molecule has 6 nitrogen and oxygen atoms in total. The third-order valence-corrected chi connectivity index (χ3v) is 6.19. The van der Waals surface area contributed by atoms with Crippen LogP contribution in [0.25, 0.3) is 21.5 Å². The van der Waals surface area contributed by atoms with Gasteiger partial charge in [0.1, 0.15) is 11.5 Å². The summed E-state index contributed by atoms with van der Waals surface area (Å²) in [6.45, 7) is 3.61. The molecule has 0 radical (unpaired) electrons. The SMILES string of the molecule is Cc1ccc(C(=O)Oc2ccc3ccccc3c2/C=N\NC(=O)[C@@H](C)Oc2ccc3ccccc3c2)cc1. The van der Waals surface area contributed by atoms with Crippen molar-refractivity contribution in [2.24, 2.45) is 5.10 Å². The fourth-order valence-electron chi connectivity index (χ4n) is 4.10. The number of carbonyl (C=O) groups is 2. The summed E-state index contributed by atoms with van der Waals surface area (Å²) in [5.41, 5.74) is 4.61. The molecule has 0 spiro atoms. The van der Waals surface area contributed by atoms with Crippen molar-refractivity contribution in [3.8, 4) is 11.5 Å². The lowest BCUT2D eigenvalue weighted by molar-refractivity contribution is -0.127. The zero-order chi connectivity index (χ0) is 26.5. The van der Waals surface area contributed by atoms with E-state index < -0.39 is 18.0 Å². The Morgan fingerprint density at radius 2 is 1.50 bits per heavy atom. The fraction of sp³-hybridized carbons (Fsp3) is 0.0938. The number of nitrogens with one attached hydrogen (secondary N) is 1. The molecule has 0 saturated carbocycles. The van der Waals surface area contributed by atoms with E-state index in [0.29, 0.717) is 22.6 Å². The Morgan fingerprint density at radius 3 is 2.29 bits per heavy atom.